The molecule has 1 atom stereocenters. The molecular weight excluding hydrogens is 258 g/mol. The van der Waals surface area contributed by atoms with Gasteiger partial charge in [-0.15, -0.1) is 0 Å². The predicted octanol–water partition coefficient (Wildman–Crippen LogP) is 1.52. The number of carboxylic acid groups (broad SMARTS) is 1. The molecule has 1 aliphatic heterocycles. The molecule has 20 heavy (non-hydrogen) atoms. The van der Waals surface area contributed by atoms with E-state index >= 15 is 0 Å². The van der Waals surface area contributed by atoms with E-state index in [-0.39, 0.29) is 17.6 Å². The summed E-state index contributed by atoms with van der Waals surface area (Å²) in [6.45, 7) is 3.63. The molecule has 6 heteroatoms. The van der Waals surface area contributed by atoms with Gasteiger partial charge in [-0.05, 0) is 44.6 Å². The van der Waals surface area contributed by atoms with Crippen LogP contribution in [0.3, 0.4) is 0 Å². The Hall–Kier alpha value is -2.08. The Bertz CT molecular complexity index is 530. The van der Waals surface area contributed by atoms with Crippen LogP contribution in [0.4, 0.5) is 10.5 Å². The molecule has 6 nitrogen and oxygen atoms in total. The van der Waals surface area contributed by atoms with Crippen molar-refractivity contribution in [3.63, 3.8) is 0 Å². The van der Waals surface area contributed by atoms with Crippen LogP contribution in [0.2, 0.25) is 0 Å². The summed E-state index contributed by atoms with van der Waals surface area (Å²) in [7, 11) is 2.01. The SMILES string of the molecule is Cc1ccc(C(=O)O)cc1NC(=O)NC1CCN(C)C1. The lowest BCUT2D eigenvalue weighted by Gasteiger charge is -2.15. The molecule has 1 unspecified atom stereocenters. The molecule has 0 spiro atoms. The fraction of sp³-hybridized carbons (Fsp3) is 0.429. The second-order valence-corrected chi connectivity index (χ2v) is 5.18. The van der Waals surface area contributed by atoms with Crippen LogP contribution in [0.15, 0.2) is 18.2 Å². The largest absolute Gasteiger partial charge is 0.478 e. The Morgan fingerprint density at radius 3 is 2.75 bits per heavy atom. The Morgan fingerprint density at radius 2 is 2.15 bits per heavy atom. The summed E-state index contributed by atoms with van der Waals surface area (Å²) in [5.74, 6) is -1.01. The van der Waals surface area contributed by atoms with Crippen LogP contribution < -0.4 is 10.6 Å². The fourth-order valence-corrected chi connectivity index (χ4v) is 2.29. The molecule has 1 heterocycles. The number of carbonyl (C=O) groups excluding carboxylic acids is 1. The third-order valence-electron chi connectivity index (χ3n) is 3.46. The lowest BCUT2D eigenvalue weighted by atomic mass is 10.1. The van der Waals surface area contributed by atoms with Gasteiger partial charge in [0.25, 0.3) is 0 Å². The number of hydrogen-bond acceptors (Lipinski definition) is 3. The number of likely N-dealkylation sites (N-methyl/N-ethyl adjacent to an activating group) is 1. The second kappa shape index (κ2) is 5.92. The monoisotopic (exact) mass is 277 g/mol. The number of urea groups is 1. The molecule has 0 saturated carbocycles. The average molecular weight is 277 g/mol. The van der Waals surface area contributed by atoms with Crippen molar-refractivity contribution in [2.24, 2.45) is 0 Å². The minimum atomic E-state index is -1.01. The van der Waals surface area contributed by atoms with E-state index in [1.807, 2.05) is 14.0 Å². The van der Waals surface area contributed by atoms with E-state index in [0.29, 0.717) is 5.69 Å². The van der Waals surface area contributed by atoms with Crippen LogP contribution in [-0.2, 0) is 0 Å². The number of hydrogen-bond donors (Lipinski definition) is 3. The van der Waals surface area contributed by atoms with Crippen molar-refractivity contribution < 1.29 is 14.7 Å². The van der Waals surface area contributed by atoms with Gasteiger partial charge in [0.1, 0.15) is 0 Å². The van der Waals surface area contributed by atoms with Crippen molar-refractivity contribution in [1.82, 2.24) is 10.2 Å². The first-order valence-electron chi connectivity index (χ1n) is 6.55. The van der Waals surface area contributed by atoms with E-state index < -0.39 is 5.97 Å². The fourth-order valence-electron chi connectivity index (χ4n) is 2.29. The Labute approximate surface area is 117 Å². The number of amides is 2. The molecular formula is C14H19N3O3. The van der Waals surface area contributed by atoms with E-state index in [9.17, 15) is 9.59 Å². The van der Waals surface area contributed by atoms with E-state index in [0.717, 1.165) is 25.1 Å². The van der Waals surface area contributed by atoms with E-state index in [4.69, 9.17) is 5.11 Å². The quantitative estimate of drug-likeness (QED) is 0.782. The van der Waals surface area contributed by atoms with Gasteiger partial charge in [0.2, 0.25) is 0 Å². The summed E-state index contributed by atoms with van der Waals surface area (Å²) >= 11 is 0. The molecule has 0 aliphatic carbocycles. The van der Waals surface area contributed by atoms with Gasteiger partial charge >= 0.3 is 12.0 Å². The van der Waals surface area contributed by atoms with Crippen LogP contribution in [-0.4, -0.2) is 48.2 Å². The minimum Gasteiger partial charge on any atom is -0.478 e. The number of carboxylic acids is 1. The van der Waals surface area contributed by atoms with Gasteiger partial charge in [0.15, 0.2) is 0 Å². The third kappa shape index (κ3) is 3.48. The maximum atomic E-state index is 11.9. The molecule has 0 radical (unpaired) electrons. The lowest BCUT2D eigenvalue weighted by molar-refractivity contribution is 0.0697. The molecule has 3 N–H and O–H groups in total. The molecule has 108 valence electrons. The number of benzene rings is 1. The zero-order chi connectivity index (χ0) is 14.7. The Balaban J connectivity index is 2.00. The van der Waals surface area contributed by atoms with E-state index in [1.165, 1.54) is 12.1 Å². The lowest BCUT2D eigenvalue weighted by Crippen LogP contribution is -2.39. The number of anilines is 1. The first-order chi connectivity index (χ1) is 9.45. The molecule has 2 amide bonds. The second-order valence-electron chi connectivity index (χ2n) is 5.18. The maximum Gasteiger partial charge on any atom is 0.335 e. The summed E-state index contributed by atoms with van der Waals surface area (Å²) in [6, 6.07) is 4.52. The average Bonchev–Trinajstić information content (AvgIpc) is 2.77. The summed E-state index contributed by atoms with van der Waals surface area (Å²) in [4.78, 5) is 25.0. The number of aromatic carboxylic acids is 1. The van der Waals surface area contributed by atoms with Gasteiger partial charge in [-0.2, -0.15) is 0 Å². The van der Waals surface area contributed by atoms with Crippen LogP contribution >= 0.6 is 0 Å². The van der Waals surface area contributed by atoms with Gasteiger partial charge in [-0.25, -0.2) is 9.59 Å². The Morgan fingerprint density at radius 1 is 1.40 bits per heavy atom. The molecule has 1 saturated heterocycles. The molecule has 0 aromatic heterocycles. The van der Waals surface area contributed by atoms with Crippen LogP contribution in [0.25, 0.3) is 0 Å². The summed E-state index contributed by atoms with van der Waals surface area (Å²) in [5, 5.41) is 14.6. The van der Waals surface area contributed by atoms with Crippen molar-refractivity contribution in [3.05, 3.63) is 29.3 Å². The molecule has 2 rings (SSSR count). The normalized spacial score (nSPS) is 18.8. The van der Waals surface area contributed by atoms with Gasteiger partial charge in [-0.3, -0.25) is 0 Å². The summed E-state index contributed by atoms with van der Waals surface area (Å²) in [6.07, 6.45) is 0.929. The molecule has 1 aromatic rings. The summed E-state index contributed by atoms with van der Waals surface area (Å²) in [5.41, 5.74) is 1.51. The van der Waals surface area contributed by atoms with E-state index in [2.05, 4.69) is 15.5 Å². The van der Waals surface area contributed by atoms with Crippen molar-refractivity contribution >= 4 is 17.7 Å². The maximum absolute atomic E-state index is 11.9. The predicted molar refractivity (Wildman–Crippen MR) is 76.2 cm³/mol. The van der Waals surface area contributed by atoms with Crippen molar-refractivity contribution in [1.29, 1.82) is 0 Å². The summed E-state index contributed by atoms with van der Waals surface area (Å²) < 4.78 is 0. The number of nitrogens with one attached hydrogen (secondary N) is 2. The third-order valence-corrected chi connectivity index (χ3v) is 3.46. The molecule has 0 bridgehead atoms. The van der Waals surface area contributed by atoms with Crippen LogP contribution in [0, 0.1) is 6.92 Å². The topological polar surface area (TPSA) is 81.7 Å². The standard InChI is InChI=1S/C14H19N3O3/c1-9-3-4-10(13(18)19)7-12(9)16-14(20)15-11-5-6-17(2)8-11/h3-4,7,11H,5-6,8H2,1-2H3,(H,18,19)(H2,15,16,20). The van der Waals surface area contributed by atoms with Crippen molar-refractivity contribution in [2.75, 3.05) is 25.5 Å². The first kappa shape index (κ1) is 14.3. The molecule has 1 fully saturated rings. The highest BCUT2D eigenvalue weighted by Crippen LogP contribution is 2.17. The zero-order valence-electron chi connectivity index (χ0n) is 11.6. The zero-order valence-corrected chi connectivity index (χ0v) is 11.6. The highest BCUT2D eigenvalue weighted by Gasteiger charge is 2.21. The molecule has 1 aliphatic rings. The Kier molecular flexibility index (Phi) is 4.24. The number of carbonyl (C=O) groups is 2. The van der Waals surface area contributed by atoms with Gasteiger partial charge in [0, 0.05) is 18.3 Å². The number of likely N-dealkylation sites (tertiary alicyclic amines) is 1. The van der Waals surface area contributed by atoms with Gasteiger partial charge in [0.05, 0.1) is 5.56 Å². The number of nitrogens with zero attached hydrogens (tertiary/aromatic N) is 1. The first-order valence-corrected chi connectivity index (χ1v) is 6.55. The van der Waals surface area contributed by atoms with E-state index in [1.54, 1.807) is 6.07 Å². The number of rotatable bonds is 3. The van der Waals surface area contributed by atoms with Crippen molar-refractivity contribution in [2.45, 2.75) is 19.4 Å². The van der Waals surface area contributed by atoms with Crippen LogP contribution in [0.5, 0.6) is 0 Å². The highest BCUT2D eigenvalue weighted by atomic mass is 16.4. The van der Waals surface area contributed by atoms with Crippen LogP contribution in [0.1, 0.15) is 22.3 Å². The van der Waals surface area contributed by atoms with Crippen molar-refractivity contribution in [3.8, 4) is 0 Å². The smallest absolute Gasteiger partial charge is 0.335 e. The number of aryl methyl sites for hydroxylation is 1. The highest BCUT2D eigenvalue weighted by molar-refractivity contribution is 5.94. The van der Waals surface area contributed by atoms with Gasteiger partial charge in [-0.1, -0.05) is 6.07 Å². The minimum absolute atomic E-state index is 0.142. The molecule has 1 aromatic carbocycles. The van der Waals surface area contributed by atoms with Gasteiger partial charge < -0.3 is 20.6 Å².